The summed E-state index contributed by atoms with van der Waals surface area (Å²) in [5.41, 5.74) is 1.76. The summed E-state index contributed by atoms with van der Waals surface area (Å²) in [6, 6.07) is 15.1. The molecule has 1 N–H and O–H groups in total. The molecule has 0 aliphatic rings. The summed E-state index contributed by atoms with van der Waals surface area (Å²) in [6.07, 6.45) is 1.65. The summed E-state index contributed by atoms with van der Waals surface area (Å²) >= 11 is 5.75. The fraction of sp³-hybridized carbons (Fsp3) is 0.292. The van der Waals surface area contributed by atoms with E-state index in [1.807, 2.05) is 60.4 Å². The molecule has 2 aromatic carbocycles. The Morgan fingerprint density at radius 2 is 1.62 bits per heavy atom. The van der Waals surface area contributed by atoms with Crippen LogP contribution in [-0.4, -0.2) is 37.9 Å². The minimum Gasteiger partial charge on any atom is -0.496 e. The van der Waals surface area contributed by atoms with Gasteiger partial charge in [-0.15, -0.1) is 0 Å². The van der Waals surface area contributed by atoms with Crippen LogP contribution in [0, 0.1) is 0 Å². The second-order valence-corrected chi connectivity index (χ2v) is 7.23. The quantitative estimate of drug-likeness (QED) is 0.423. The Bertz CT molecular complexity index is 1010. The van der Waals surface area contributed by atoms with Gasteiger partial charge >= 0.3 is 0 Å². The Labute approximate surface area is 193 Å². The van der Waals surface area contributed by atoms with Gasteiger partial charge in [-0.2, -0.15) is 0 Å². The van der Waals surface area contributed by atoms with Crippen molar-refractivity contribution in [2.24, 2.45) is 0 Å². The first kappa shape index (κ1) is 23.3. The summed E-state index contributed by atoms with van der Waals surface area (Å²) < 4.78 is 27.5. The van der Waals surface area contributed by atoms with Crippen molar-refractivity contribution in [1.82, 2.24) is 4.90 Å². The highest BCUT2D eigenvalue weighted by Gasteiger charge is 2.18. The molecule has 0 aliphatic heterocycles. The number of ether oxygens (including phenoxy) is 4. The standard InChI is InChI=1S/C24H28N2O5S/c1-5-30-19-10-8-18(9-11-19)25-24(32)26(16-20-7-6-12-31-20)15-17-13-22(28-3)23(29-4)14-21(17)27-2/h6-14H,5,15-16H2,1-4H3,(H,25,32). The van der Waals surface area contributed by atoms with Crippen LogP contribution >= 0.6 is 12.2 Å². The van der Waals surface area contributed by atoms with Crippen LogP contribution in [0.15, 0.2) is 59.2 Å². The third-order valence-electron chi connectivity index (χ3n) is 4.78. The van der Waals surface area contributed by atoms with Gasteiger partial charge in [-0.1, -0.05) is 0 Å². The molecule has 0 fully saturated rings. The molecule has 0 atom stereocenters. The number of nitrogens with zero attached hydrogens (tertiary/aromatic N) is 1. The maximum atomic E-state index is 5.75. The van der Waals surface area contributed by atoms with Gasteiger partial charge < -0.3 is 33.6 Å². The topological polar surface area (TPSA) is 65.3 Å². The molecule has 0 saturated heterocycles. The van der Waals surface area contributed by atoms with Crippen molar-refractivity contribution >= 4 is 23.0 Å². The lowest BCUT2D eigenvalue weighted by molar-refractivity contribution is 0.334. The second-order valence-electron chi connectivity index (χ2n) is 6.84. The first-order valence-corrected chi connectivity index (χ1v) is 10.6. The number of hydrogen-bond donors (Lipinski definition) is 1. The van der Waals surface area contributed by atoms with E-state index in [1.165, 1.54) is 0 Å². The third kappa shape index (κ3) is 5.85. The number of nitrogens with one attached hydrogen (secondary N) is 1. The summed E-state index contributed by atoms with van der Waals surface area (Å²) in [7, 11) is 4.82. The molecular weight excluding hydrogens is 428 g/mol. The normalized spacial score (nSPS) is 10.4. The first-order chi connectivity index (χ1) is 15.6. The Morgan fingerprint density at radius 1 is 0.938 bits per heavy atom. The Morgan fingerprint density at radius 3 is 2.22 bits per heavy atom. The maximum Gasteiger partial charge on any atom is 0.174 e. The van der Waals surface area contributed by atoms with Crippen LogP contribution in [0.5, 0.6) is 23.0 Å². The van der Waals surface area contributed by atoms with Crippen LogP contribution < -0.4 is 24.3 Å². The third-order valence-corrected chi connectivity index (χ3v) is 5.14. The van der Waals surface area contributed by atoms with Gasteiger partial charge in [0, 0.05) is 23.9 Å². The van der Waals surface area contributed by atoms with Crippen molar-refractivity contribution in [3.63, 3.8) is 0 Å². The molecule has 7 nitrogen and oxygen atoms in total. The Hall–Kier alpha value is -3.39. The zero-order valence-electron chi connectivity index (χ0n) is 18.7. The molecule has 0 amide bonds. The lowest BCUT2D eigenvalue weighted by atomic mass is 10.1. The van der Waals surface area contributed by atoms with Gasteiger partial charge in [0.25, 0.3) is 0 Å². The molecule has 0 unspecified atom stereocenters. The van der Waals surface area contributed by atoms with Gasteiger partial charge in [0.1, 0.15) is 17.3 Å². The summed E-state index contributed by atoms with van der Waals surface area (Å²) in [4.78, 5) is 1.99. The van der Waals surface area contributed by atoms with Crippen molar-refractivity contribution in [3.8, 4) is 23.0 Å². The summed E-state index contributed by atoms with van der Waals surface area (Å²) in [5.74, 6) is 3.50. The van der Waals surface area contributed by atoms with E-state index in [-0.39, 0.29) is 0 Å². The molecule has 0 saturated carbocycles. The molecule has 170 valence electrons. The number of thiocarbonyl (C=S) groups is 1. The molecule has 32 heavy (non-hydrogen) atoms. The second kappa shape index (κ2) is 11.3. The van der Waals surface area contributed by atoms with E-state index in [9.17, 15) is 0 Å². The molecule has 3 aromatic rings. The van der Waals surface area contributed by atoms with Gasteiger partial charge in [-0.25, -0.2) is 0 Å². The molecule has 3 rings (SSSR count). The predicted molar refractivity (Wildman–Crippen MR) is 128 cm³/mol. The maximum absolute atomic E-state index is 5.75. The van der Waals surface area contributed by atoms with Crippen molar-refractivity contribution < 1.29 is 23.4 Å². The Kier molecular flexibility index (Phi) is 8.21. The Balaban J connectivity index is 1.85. The van der Waals surface area contributed by atoms with Gasteiger partial charge in [-0.05, 0) is 61.6 Å². The van der Waals surface area contributed by atoms with E-state index in [1.54, 1.807) is 27.6 Å². The van der Waals surface area contributed by atoms with Gasteiger partial charge in [0.2, 0.25) is 0 Å². The molecule has 1 aromatic heterocycles. The van der Waals surface area contributed by atoms with Crippen LogP contribution in [0.4, 0.5) is 5.69 Å². The van der Waals surface area contributed by atoms with E-state index >= 15 is 0 Å². The first-order valence-electron chi connectivity index (χ1n) is 10.2. The largest absolute Gasteiger partial charge is 0.496 e. The average molecular weight is 457 g/mol. The van der Waals surface area contributed by atoms with Crippen LogP contribution in [0.1, 0.15) is 18.2 Å². The van der Waals surface area contributed by atoms with Crippen LogP contribution in [0.2, 0.25) is 0 Å². The van der Waals surface area contributed by atoms with Gasteiger partial charge in [0.05, 0.1) is 40.7 Å². The zero-order chi connectivity index (χ0) is 22.9. The molecule has 0 aliphatic carbocycles. The number of rotatable bonds is 10. The van der Waals surface area contributed by atoms with E-state index in [2.05, 4.69) is 5.32 Å². The van der Waals surface area contributed by atoms with Crippen LogP contribution in [0.3, 0.4) is 0 Å². The van der Waals surface area contributed by atoms with Crippen LogP contribution in [-0.2, 0) is 13.1 Å². The monoisotopic (exact) mass is 456 g/mol. The molecule has 0 radical (unpaired) electrons. The lowest BCUT2D eigenvalue weighted by Crippen LogP contribution is -2.33. The molecular formula is C24H28N2O5S. The number of anilines is 1. The molecule has 8 heteroatoms. The molecule has 0 bridgehead atoms. The van der Waals surface area contributed by atoms with Gasteiger partial charge in [0.15, 0.2) is 16.6 Å². The van der Waals surface area contributed by atoms with Crippen molar-refractivity contribution in [1.29, 1.82) is 0 Å². The van der Waals surface area contributed by atoms with Crippen molar-refractivity contribution in [2.45, 2.75) is 20.0 Å². The minimum atomic E-state index is 0.465. The minimum absolute atomic E-state index is 0.465. The summed E-state index contributed by atoms with van der Waals surface area (Å²) in [6.45, 7) is 3.52. The van der Waals surface area contributed by atoms with E-state index in [0.717, 1.165) is 22.8 Å². The fourth-order valence-corrected chi connectivity index (χ4v) is 3.46. The number of benzene rings is 2. The van der Waals surface area contributed by atoms with E-state index < -0.39 is 0 Å². The van der Waals surface area contributed by atoms with E-state index in [4.69, 9.17) is 35.6 Å². The van der Waals surface area contributed by atoms with Crippen molar-refractivity contribution in [3.05, 3.63) is 66.1 Å². The zero-order valence-corrected chi connectivity index (χ0v) is 19.5. The SMILES string of the molecule is CCOc1ccc(NC(=S)N(Cc2ccco2)Cc2cc(OC)c(OC)cc2OC)cc1. The van der Waals surface area contributed by atoms with Gasteiger partial charge in [-0.3, -0.25) is 0 Å². The highest BCUT2D eigenvalue weighted by Crippen LogP contribution is 2.35. The summed E-state index contributed by atoms with van der Waals surface area (Å²) in [5, 5.41) is 3.84. The number of furan rings is 1. The highest BCUT2D eigenvalue weighted by atomic mass is 32.1. The number of methoxy groups -OCH3 is 3. The van der Waals surface area contributed by atoms with Crippen LogP contribution in [0.25, 0.3) is 0 Å². The fourth-order valence-electron chi connectivity index (χ4n) is 3.22. The smallest absolute Gasteiger partial charge is 0.174 e. The van der Waals surface area contributed by atoms with Crippen molar-refractivity contribution in [2.75, 3.05) is 33.3 Å². The highest BCUT2D eigenvalue weighted by molar-refractivity contribution is 7.80. The predicted octanol–water partition coefficient (Wildman–Crippen LogP) is 5.10. The molecule has 0 spiro atoms. The lowest BCUT2D eigenvalue weighted by Gasteiger charge is -2.26. The average Bonchev–Trinajstić information content (AvgIpc) is 3.33. The number of hydrogen-bond acceptors (Lipinski definition) is 6. The molecule has 1 heterocycles. The van der Waals surface area contributed by atoms with E-state index in [0.29, 0.717) is 42.1 Å².